The summed E-state index contributed by atoms with van der Waals surface area (Å²) < 4.78 is 10.6. The minimum absolute atomic E-state index is 0.0597. The van der Waals surface area contributed by atoms with Gasteiger partial charge in [-0.2, -0.15) is 0 Å². The normalized spacial score (nSPS) is 31.6. The quantitative estimate of drug-likeness (QED) is 0.542. The van der Waals surface area contributed by atoms with Crippen LogP contribution in [-0.2, 0) is 14.3 Å². The van der Waals surface area contributed by atoms with E-state index in [0.717, 1.165) is 0 Å². The number of carbonyl (C=O) groups is 1. The van der Waals surface area contributed by atoms with Crippen LogP contribution in [0.15, 0.2) is 11.5 Å². The van der Waals surface area contributed by atoms with Crippen LogP contribution in [0.5, 0.6) is 0 Å². The molecule has 0 fully saturated rings. The monoisotopic (exact) mass is 188 g/mol. The lowest BCUT2D eigenvalue weighted by molar-refractivity contribution is -0.141. The summed E-state index contributed by atoms with van der Waals surface area (Å²) in [6.45, 7) is 3.50. The molecule has 0 spiro atoms. The Morgan fingerprint density at radius 3 is 2.75 bits per heavy atom. The number of hydrogen-bond donors (Lipinski definition) is 0. The average Bonchev–Trinajstić information content (AvgIpc) is 2.34. The molecule has 66 valence electrons. The van der Waals surface area contributed by atoms with Crippen molar-refractivity contribution in [1.29, 1.82) is 0 Å². The SMILES string of the molecule is CC1(C)OC2=C(O1)C(Cl)CC2=O. The standard InChI is InChI=1S/C8H9ClO3/c1-8(2)11-6-4(9)3-5(10)7(6)12-8/h4H,3H2,1-2H3. The molecule has 12 heavy (non-hydrogen) atoms. The van der Waals surface area contributed by atoms with Gasteiger partial charge in [0, 0.05) is 20.3 Å². The maximum atomic E-state index is 11.2. The van der Waals surface area contributed by atoms with Crippen molar-refractivity contribution in [3.63, 3.8) is 0 Å². The van der Waals surface area contributed by atoms with Gasteiger partial charge in [-0.1, -0.05) is 0 Å². The fourth-order valence-corrected chi connectivity index (χ4v) is 1.66. The van der Waals surface area contributed by atoms with Gasteiger partial charge in [0.1, 0.15) is 5.38 Å². The van der Waals surface area contributed by atoms with Crippen LogP contribution in [0, 0.1) is 0 Å². The van der Waals surface area contributed by atoms with Crippen LogP contribution in [-0.4, -0.2) is 16.9 Å². The second-order valence-electron chi connectivity index (χ2n) is 3.39. The molecule has 3 nitrogen and oxygen atoms in total. The molecule has 1 heterocycles. The molecule has 0 aromatic carbocycles. The second-order valence-corrected chi connectivity index (χ2v) is 3.92. The predicted octanol–water partition coefficient (Wildman–Crippen LogP) is 1.56. The maximum Gasteiger partial charge on any atom is 0.245 e. The van der Waals surface area contributed by atoms with Gasteiger partial charge >= 0.3 is 0 Å². The Kier molecular flexibility index (Phi) is 1.43. The number of carbonyl (C=O) groups excluding carboxylic acids is 1. The predicted molar refractivity (Wildman–Crippen MR) is 42.5 cm³/mol. The van der Waals surface area contributed by atoms with E-state index in [2.05, 4.69) is 0 Å². The van der Waals surface area contributed by atoms with Crippen molar-refractivity contribution < 1.29 is 14.3 Å². The number of ether oxygens (including phenoxy) is 2. The Bertz CT molecular complexity index is 280. The third-order valence-electron chi connectivity index (χ3n) is 1.83. The summed E-state index contributed by atoms with van der Waals surface area (Å²) in [5, 5.41) is -0.339. The summed E-state index contributed by atoms with van der Waals surface area (Å²) in [6, 6.07) is 0. The lowest BCUT2D eigenvalue weighted by Gasteiger charge is -2.20. The highest BCUT2D eigenvalue weighted by molar-refractivity contribution is 6.26. The lowest BCUT2D eigenvalue weighted by atomic mass is 10.3. The van der Waals surface area contributed by atoms with Gasteiger partial charge in [-0.3, -0.25) is 4.79 Å². The number of hydrogen-bond acceptors (Lipinski definition) is 3. The Labute approximate surface area is 75.3 Å². The molecule has 0 bridgehead atoms. The molecule has 1 atom stereocenters. The smallest absolute Gasteiger partial charge is 0.245 e. The number of alkyl halides is 1. The first-order valence-corrected chi connectivity index (χ1v) is 4.23. The van der Waals surface area contributed by atoms with Crippen LogP contribution < -0.4 is 0 Å². The molecule has 4 heteroatoms. The van der Waals surface area contributed by atoms with Crippen LogP contribution in [0.2, 0.25) is 0 Å². The fraction of sp³-hybridized carbons (Fsp3) is 0.625. The Morgan fingerprint density at radius 1 is 1.50 bits per heavy atom. The zero-order chi connectivity index (χ0) is 8.93. The fourth-order valence-electron chi connectivity index (χ4n) is 1.38. The van der Waals surface area contributed by atoms with Crippen LogP contribution in [0.4, 0.5) is 0 Å². The molecule has 2 rings (SSSR count). The highest BCUT2D eigenvalue weighted by Crippen LogP contribution is 2.40. The van der Waals surface area contributed by atoms with Gasteiger partial charge < -0.3 is 9.47 Å². The topological polar surface area (TPSA) is 35.5 Å². The molecule has 1 aliphatic carbocycles. The van der Waals surface area contributed by atoms with Gasteiger partial charge in [-0.15, -0.1) is 11.6 Å². The molecule has 1 unspecified atom stereocenters. The van der Waals surface area contributed by atoms with E-state index in [1.165, 1.54) is 0 Å². The van der Waals surface area contributed by atoms with E-state index in [1.807, 2.05) is 0 Å². The average molecular weight is 189 g/mol. The van der Waals surface area contributed by atoms with Crippen molar-refractivity contribution >= 4 is 17.4 Å². The summed E-state index contributed by atoms with van der Waals surface area (Å²) in [5.74, 6) is 0.0377. The molecular formula is C8H9ClO3. The molecular weight excluding hydrogens is 180 g/mol. The van der Waals surface area contributed by atoms with E-state index in [0.29, 0.717) is 17.9 Å². The van der Waals surface area contributed by atoms with E-state index in [9.17, 15) is 4.79 Å². The number of allylic oxidation sites excluding steroid dienone is 2. The van der Waals surface area contributed by atoms with E-state index < -0.39 is 5.79 Å². The molecule has 0 aromatic heterocycles. The zero-order valence-corrected chi connectivity index (χ0v) is 7.64. The zero-order valence-electron chi connectivity index (χ0n) is 6.89. The summed E-state index contributed by atoms with van der Waals surface area (Å²) in [6.07, 6.45) is 0.294. The van der Waals surface area contributed by atoms with E-state index in [-0.39, 0.29) is 11.2 Å². The van der Waals surface area contributed by atoms with Crippen molar-refractivity contribution in [1.82, 2.24) is 0 Å². The third kappa shape index (κ3) is 1.00. The van der Waals surface area contributed by atoms with E-state index in [1.54, 1.807) is 13.8 Å². The van der Waals surface area contributed by atoms with Crippen LogP contribution in [0.25, 0.3) is 0 Å². The minimum Gasteiger partial charge on any atom is -0.452 e. The van der Waals surface area contributed by atoms with Crippen molar-refractivity contribution in [2.24, 2.45) is 0 Å². The molecule has 0 aromatic rings. The number of halogens is 1. The van der Waals surface area contributed by atoms with Crippen molar-refractivity contribution in [3.05, 3.63) is 11.5 Å². The van der Waals surface area contributed by atoms with Crippen LogP contribution in [0.3, 0.4) is 0 Å². The Morgan fingerprint density at radius 2 is 2.17 bits per heavy atom. The summed E-state index contributed by atoms with van der Waals surface area (Å²) in [4.78, 5) is 11.2. The Balaban J connectivity index is 2.31. The van der Waals surface area contributed by atoms with Gasteiger partial charge in [0.15, 0.2) is 5.76 Å². The van der Waals surface area contributed by atoms with Crippen LogP contribution in [0.1, 0.15) is 20.3 Å². The molecule has 1 aliphatic heterocycles. The van der Waals surface area contributed by atoms with Gasteiger partial charge in [0.25, 0.3) is 0 Å². The molecule has 0 amide bonds. The first-order chi connectivity index (χ1) is 5.49. The Hall–Kier alpha value is -0.700. The summed E-state index contributed by atoms with van der Waals surface area (Å²) in [7, 11) is 0. The largest absolute Gasteiger partial charge is 0.452 e. The number of ketones is 1. The lowest BCUT2D eigenvalue weighted by Crippen LogP contribution is -2.24. The van der Waals surface area contributed by atoms with E-state index >= 15 is 0 Å². The van der Waals surface area contributed by atoms with Crippen molar-refractivity contribution in [3.8, 4) is 0 Å². The van der Waals surface area contributed by atoms with Crippen LogP contribution >= 0.6 is 11.6 Å². The first kappa shape index (κ1) is 7.92. The first-order valence-electron chi connectivity index (χ1n) is 3.79. The summed E-state index contributed by atoms with van der Waals surface area (Å²) in [5.41, 5.74) is 0. The highest BCUT2D eigenvalue weighted by Gasteiger charge is 2.45. The van der Waals surface area contributed by atoms with E-state index in [4.69, 9.17) is 21.1 Å². The third-order valence-corrected chi connectivity index (χ3v) is 2.18. The molecule has 2 aliphatic rings. The number of Topliss-reactive ketones (excluding diaryl/α,β-unsaturated/α-hetero) is 1. The molecule has 0 radical (unpaired) electrons. The maximum absolute atomic E-state index is 11.2. The van der Waals surface area contributed by atoms with Crippen molar-refractivity contribution in [2.75, 3.05) is 0 Å². The van der Waals surface area contributed by atoms with Gasteiger partial charge in [-0.05, 0) is 0 Å². The summed E-state index contributed by atoms with van der Waals surface area (Å²) >= 11 is 5.85. The van der Waals surface area contributed by atoms with Gasteiger partial charge in [-0.25, -0.2) is 0 Å². The van der Waals surface area contributed by atoms with Crippen molar-refractivity contribution in [2.45, 2.75) is 31.4 Å². The second kappa shape index (κ2) is 2.16. The van der Waals surface area contributed by atoms with Gasteiger partial charge in [0.2, 0.25) is 17.3 Å². The molecule has 0 saturated carbocycles. The minimum atomic E-state index is -0.728. The molecule has 0 N–H and O–H groups in total. The number of rotatable bonds is 0. The van der Waals surface area contributed by atoms with Gasteiger partial charge in [0.05, 0.1) is 0 Å². The highest BCUT2D eigenvalue weighted by atomic mass is 35.5. The molecule has 0 saturated heterocycles.